The van der Waals surface area contributed by atoms with Crippen LogP contribution in [0.15, 0.2) is 0 Å². The first kappa shape index (κ1) is 42.6. The average molecular weight is 573 g/mol. The number of carbonyl (C=O) groups is 1. The molecule has 8 heteroatoms. The van der Waals surface area contributed by atoms with Crippen molar-refractivity contribution in [2.24, 2.45) is 0 Å². The fourth-order valence-corrected chi connectivity index (χ4v) is 4.71. The molecule has 0 spiro atoms. The molecule has 0 amide bonds. The van der Waals surface area contributed by atoms with Gasteiger partial charge in [-0.3, -0.25) is 4.18 Å². The van der Waals surface area contributed by atoms with Crippen LogP contribution in [0.5, 0.6) is 0 Å². The van der Waals surface area contributed by atoms with E-state index in [0.717, 1.165) is 25.7 Å². The molecule has 0 saturated heterocycles. The molecule has 224 valence electrons. The molecule has 0 N–H and O–H groups in total. The number of hydrogen-bond donors (Lipinski definition) is 0. The first-order valence-corrected chi connectivity index (χ1v) is 17.0. The summed E-state index contributed by atoms with van der Waals surface area (Å²) >= 11 is 0. The van der Waals surface area contributed by atoms with Gasteiger partial charge in [-0.15, -0.1) is 0 Å². The summed E-state index contributed by atoms with van der Waals surface area (Å²) in [5.74, 6) is -0.903. The molecule has 0 heterocycles. The van der Waals surface area contributed by atoms with Crippen LogP contribution in [0.4, 0.5) is 0 Å². The predicted octanol–water partition coefficient (Wildman–Crippen LogP) is 8.00. The Morgan fingerprint density at radius 1 is 0.526 bits per heavy atom. The topological polar surface area (TPSA) is 107 Å². The molecule has 0 radical (unpaired) electrons. The van der Waals surface area contributed by atoms with E-state index in [1.807, 2.05) is 0 Å². The summed E-state index contributed by atoms with van der Waals surface area (Å²) < 4.78 is 34.5. The molecular formula is C30H60MgO6S. The maximum atomic E-state index is 10.2. The molecule has 0 fully saturated rings. The van der Waals surface area contributed by atoms with Crippen molar-refractivity contribution in [1.82, 2.24) is 0 Å². The normalized spacial score (nSPS) is 11.0. The first-order valence-electron chi connectivity index (χ1n) is 15.6. The maximum Gasteiger partial charge on any atom is 2.00 e. The van der Waals surface area contributed by atoms with Crippen LogP contribution in [0.1, 0.15) is 181 Å². The summed E-state index contributed by atoms with van der Waals surface area (Å²) in [6.45, 7) is 4.51. The van der Waals surface area contributed by atoms with E-state index in [9.17, 15) is 22.9 Å². The number of hydrogen-bond acceptors (Lipinski definition) is 6. The Balaban J connectivity index is -0.000000636. The van der Waals surface area contributed by atoms with Crippen molar-refractivity contribution in [2.45, 2.75) is 181 Å². The second-order valence-corrected chi connectivity index (χ2v) is 11.5. The van der Waals surface area contributed by atoms with Crippen molar-refractivity contribution < 1.29 is 27.1 Å². The minimum atomic E-state index is -4.48. The summed E-state index contributed by atoms with van der Waals surface area (Å²) in [6.07, 6.45) is 31.6. The van der Waals surface area contributed by atoms with Crippen LogP contribution in [-0.4, -0.2) is 48.6 Å². The van der Waals surface area contributed by atoms with E-state index in [1.54, 1.807) is 0 Å². The van der Waals surface area contributed by atoms with Crippen LogP contribution < -0.4 is 5.11 Å². The van der Waals surface area contributed by atoms with Crippen LogP contribution in [-0.2, 0) is 19.4 Å². The first-order chi connectivity index (χ1) is 17.8. The van der Waals surface area contributed by atoms with Gasteiger partial charge >= 0.3 is 23.1 Å². The number of unbranched alkanes of at least 4 members (excludes halogenated alkanes) is 23. The van der Waals surface area contributed by atoms with E-state index in [4.69, 9.17) is 0 Å². The Morgan fingerprint density at radius 3 is 1.05 bits per heavy atom. The van der Waals surface area contributed by atoms with Gasteiger partial charge in [0, 0.05) is 5.97 Å². The number of carboxylic acid groups (broad SMARTS) is 1. The second-order valence-electron chi connectivity index (χ2n) is 10.5. The van der Waals surface area contributed by atoms with Gasteiger partial charge in [-0.1, -0.05) is 162 Å². The third-order valence-corrected chi connectivity index (χ3v) is 7.17. The van der Waals surface area contributed by atoms with Gasteiger partial charge in [-0.05, 0) is 19.3 Å². The van der Waals surface area contributed by atoms with Crippen LogP contribution in [0.2, 0.25) is 0 Å². The summed E-state index contributed by atoms with van der Waals surface area (Å²) in [6, 6.07) is 0. The summed E-state index contributed by atoms with van der Waals surface area (Å²) in [4.78, 5) is 10.2. The van der Waals surface area contributed by atoms with E-state index >= 15 is 0 Å². The Morgan fingerprint density at radius 2 is 0.789 bits per heavy atom. The summed E-state index contributed by atoms with van der Waals surface area (Å²) in [7, 11) is -4.48. The van der Waals surface area contributed by atoms with Crippen molar-refractivity contribution in [3.8, 4) is 0 Å². The Bertz CT molecular complexity index is 557. The molecule has 0 saturated carbocycles. The van der Waals surface area contributed by atoms with E-state index in [2.05, 4.69) is 18.0 Å². The number of rotatable bonds is 28. The number of carbonyl (C=O) groups excluding carboxylic acids is 1. The summed E-state index contributed by atoms with van der Waals surface area (Å²) in [5.41, 5.74) is 0. The molecule has 0 aromatic heterocycles. The molecule has 0 atom stereocenters. The number of aliphatic carboxylic acids is 1. The zero-order valence-corrected chi connectivity index (χ0v) is 27.4. The maximum absolute atomic E-state index is 10.2. The molecule has 0 aromatic rings. The summed E-state index contributed by atoms with van der Waals surface area (Å²) in [5, 5.41) is 10.2. The number of carboxylic acids is 1. The van der Waals surface area contributed by atoms with Gasteiger partial charge in [0.05, 0.1) is 6.61 Å². The van der Waals surface area contributed by atoms with E-state index in [0.29, 0.717) is 6.42 Å². The van der Waals surface area contributed by atoms with E-state index in [1.165, 1.54) is 128 Å². The van der Waals surface area contributed by atoms with Crippen LogP contribution in [0.25, 0.3) is 0 Å². The Kier molecular flexibility index (Phi) is 39.4. The van der Waals surface area contributed by atoms with Crippen LogP contribution in [0.3, 0.4) is 0 Å². The smallest absolute Gasteiger partial charge is 0.726 e. The molecule has 38 heavy (non-hydrogen) atoms. The van der Waals surface area contributed by atoms with Crippen molar-refractivity contribution in [1.29, 1.82) is 0 Å². The second kappa shape index (κ2) is 35.1. The molecule has 0 aliphatic carbocycles. The monoisotopic (exact) mass is 572 g/mol. The molecule has 0 aliphatic rings. The van der Waals surface area contributed by atoms with Crippen molar-refractivity contribution in [3.63, 3.8) is 0 Å². The van der Waals surface area contributed by atoms with Crippen molar-refractivity contribution >= 4 is 39.4 Å². The molecule has 0 unspecified atom stereocenters. The molecule has 0 aliphatic heterocycles. The van der Waals surface area contributed by atoms with E-state index in [-0.39, 0.29) is 36.1 Å². The minimum Gasteiger partial charge on any atom is -0.726 e. The quantitative estimate of drug-likeness (QED) is 0.0407. The largest absolute Gasteiger partial charge is 2.00 e. The van der Waals surface area contributed by atoms with Gasteiger partial charge in [0.15, 0.2) is 0 Å². The predicted molar refractivity (Wildman–Crippen MR) is 158 cm³/mol. The molecule has 6 nitrogen and oxygen atoms in total. The van der Waals surface area contributed by atoms with Gasteiger partial charge in [0.1, 0.15) is 0 Å². The van der Waals surface area contributed by atoms with Crippen molar-refractivity contribution in [2.75, 3.05) is 6.61 Å². The third kappa shape index (κ3) is 46.0. The van der Waals surface area contributed by atoms with Gasteiger partial charge < -0.3 is 14.5 Å². The van der Waals surface area contributed by atoms with Crippen LogP contribution >= 0.6 is 0 Å². The molecular weight excluding hydrogens is 513 g/mol. The fourth-order valence-electron chi connectivity index (χ4n) is 4.39. The zero-order chi connectivity index (χ0) is 27.9. The standard InChI is InChI=1S/C18H36O2.C12H26O4S.Mg/c1-2-3-4-5-6-7-8-9-10-11-12-13-14-15-16-17-18(19)20;1-2-3-4-5-6-7-8-9-10-11-12-16-17(13,14)15;/h2-17H2,1H3,(H,19,20);2-12H2,1H3,(H,13,14,15);/q;;+2/p-2. The van der Waals surface area contributed by atoms with Crippen molar-refractivity contribution in [3.05, 3.63) is 0 Å². The van der Waals surface area contributed by atoms with Gasteiger partial charge in [-0.2, -0.15) is 0 Å². The average Bonchev–Trinajstić information content (AvgIpc) is 2.84. The van der Waals surface area contributed by atoms with E-state index < -0.39 is 16.4 Å². The van der Waals surface area contributed by atoms with Gasteiger partial charge in [0.2, 0.25) is 10.4 Å². The Labute approximate surface area is 253 Å². The molecule has 0 aromatic carbocycles. The third-order valence-electron chi connectivity index (χ3n) is 6.71. The molecule has 0 bridgehead atoms. The van der Waals surface area contributed by atoms with Gasteiger partial charge in [-0.25, -0.2) is 8.42 Å². The van der Waals surface area contributed by atoms with Crippen LogP contribution in [0, 0.1) is 0 Å². The molecule has 0 rings (SSSR count). The fraction of sp³-hybridized carbons (Fsp3) is 0.967. The van der Waals surface area contributed by atoms with Gasteiger partial charge in [0.25, 0.3) is 0 Å². The zero-order valence-electron chi connectivity index (χ0n) is 25.2. The minimum absolute atomic E-state index is 0. The Hall–Kier alpha value is 0.106. The SMILES string of the molecule is CCCCCCCCCCCCCCCCCC(=O)[O-].CCCCCCCCCCCCOS(=O)(=O)[O-].[Mg+2].